The number of carbonyl (C=O) groups excluding carboxylic acids is 2. The van der Waals surface area contributed by atoms with Crippen LogP contribution in [0, 0.1) is 0 Å². The van der Waals surface area contributed by atoms with E-state index in [1.54, 1.807) is 36.4 Å². The first-order valence-electron chi connectivity index (χ1n) is 11.5. The molecule has 0 aliphatic rings. The van der Waals surface area contributed by atoms with Crippen LogP contribution in [-0.4, -0.2) is 47.3 Å². The number of carboxylic acid groups (broad SMARTS) is 2. The molecule has 3 rings (SSSR count). The predicted octanol–water partition coefficient (Wildman–Crippen LogP) is 5.55. The van der Waals surface area contributed by atoms with Crippen molar-refractivity contribution in [2.45, 2.75) is 26.7 Å². The maximum atomic E-state index is 12.2. The molecule has 186 valence electrons. The molecule has 0 atom stereocenters. The van der Waals surface area contributed by atoms with Gasteiger partial charge in [-0.3, -0.25) is 0 Å². The zero-order chi connectivity index (χ0) is 26.2. The lowest BCUT2D eigenvalue weighted by molar-refractivity contribution is 0.0496. The second-order valence-corrected chi connectivity index (χ2v) is 7.95. The van der Waals surface area contributed by atoms with Crippen molar-refractivity contribution < 1.29 is 38.9 Å². The molecule has 36 heavy (non-hydrogen) atoms. The van der Waals surface area contributed by atoms with E-state index in [4.69, 9.17) is 9.47 Å². The van der Waals surface area contributed by atoms with Gasteiger partial charge >= 0.3 is 23.9 Å². The number of esters is 2. The van der Waals surface area contributed by atoms with Crippen LogP contribution in [0.4, 0.5) is 0 Å². The summed E-state index contributed by atoms with van der Waals surface area (Å²) in [5, 5.41) is 19.6. The Bertz CT molecular complexity index is 1270. The Balaban J connectivity index is 2.13. The van der Waals surface area contributed by atoms with Crippen molar-refractivity contribution in [3.63, 3.8) is 0 Å². The number of ether oxygens (including phenoxy) is 2. The van der Waals surface area contributed by atoms with E-state index < -0.39 is 23.9 Å². The van der Waals surface area contributed by atoms with Crippen molar-refractivity contribution in [3.8, 4) is 22.3 Å². The van der Waals surface area contributed by atoms with Crippen molar-refractivity contribution in [1.82, 2.24) is 0 Å². The quantitative estimate of drug-likeness (QED) is 0.354. The molecule has 3 aromatic rings. The van der Waals surface area contributed by atoms with Crippen LogP contribution in [0.1, 0.15) is 68.1 Å². The Morgan fingerprint density at radius 1 is 0.639 bits per heavy atom. The van der Waals surface area contributed by atoms with Crippen molar-refractivity contribution in [3.05, 3.63) is 82.9 Å². The van der Waals surface area contributed by atoms with Crippen LogP contribution in [0.25, 0.3) is 22.3 Å². The molecule has 8 heteroatoms. The van der Waals surface area contributed by atoms with Gasteiger partial charge in [-0.25, -0.2) is 19.2 Å². The molecule has 0 heterocycles. The first kappa shape index (κ1) is 26.2. The average Bonchev–Trinajstić information content (AvgIpc) is 2.89. The monoisotopic (exact) mass is 490 g/mol. The SMILES string of the molecule is CCCOC(=O)c1ccc(-c2ccc(C(=O)O)c(C(=O)O)c2-c2ccc(C(=O)OCCC)cc2)cc1. The predicted molar refractivity (Wildman–Crippen MR) is 132 cm³/mol. The van der Waals surface area contributed by atoms with E-state index in [9.17, 15) is 29.4 Å². The van der Waals surface area contributed by atoms with Crippen molar-refractivity contribution in [1.29, 1.82) is 0 Å². The highest BCUT2D eigenvalue weighted by molar-refractivity contribution is 6.10. The average molecular weight is 491 g/mol. The molecule has 3 aromatic carbocycles. The zero-order valence-corrected chi connectivity index (χ0v) is 19.9. The topological polar surface area (TPSA) is 127 Å². The van der Waals surface area contributed by atoms with Crippen LogP contribution in [0.3, 0.4) is 0 Å². The number of carbonyl (C=O) groups is 4. The van der Waals surface area contributed by atoms with Crippen molar-refractivity contribution >= 4 is 23.9 Å². The van der Waals surface area contributed by atoms with E-state index in [-0.39, 0.29) is 28.9 Å². The van der Waals surface area contributed by atoms with E-state index in [1.165, 1.54) is 24.3 Å². The summed E-state index contributed by atoms with van der Waals surface area (Å²) < 4.78 is 10.3. The van der Waals surface area contributed by atoms with Crippen LogP contribution in [-0.2, 0) is 9.47 Å². The molecule has 0 saturated heterocycles. The molecule has 0 aromatic heterocycles. The van der Waals surface area contributed by atoms with E-state index in [0.717, 1.165) is 0 Å². The molecule has 0 bridgehead atoms. The summed E-state index contributed by atoms with van der Waals surface area (Å²) in [6.45, 7) is 4.34. The molecular formula is C28H26O8. The van der Waals surface area contributed by atoms with Gasteiger partial charge in [0, 0.05) is 5.56 Å². The molecule has 2 N–H and O–H groups in total. The molecule has 0 aliphatic heterocycles. The van der Waals surface area contributed by atoms with Gasteiger partial charge in [0.05, 0.1) is 35.5 Å². The summed E-state index contributed by atoms with van der Waals surface area (Å²) in [6, 6.07) is 15.3. The highest BCUT2D eigenvalue weighted by Gasteiger charge is 2.25. The molecular weight excluding hydrogens is 464 g/mol. The van der Waals surface area contributed by atoms with Gasteiger partial charge in [0.2, 0.25) is 0 Å². The number of carboxylic acids is 2. The van der Waals surface area contributed by atoms with Crippen molar-refractivity contribution in [2.24, 2.45) is 0 Å². The van der Waals surface area contributed by atoms with E-state index in [1.807, 2.05) is 13.8 Å². The first-order valence-corrected chi connectivity index (χ1v) is 11.5. The van der Waals surface area contributed by atoms with Crippen LogP contribution < -0.4 is 0 Å². The summed E-state index contributed by atoms with van der Waals surface area (Å²) in [5.74, 6) is -3.77. The number of benzene rings is 3. The molecule has 0 amide bonds. The highest BCUT2D eigenvalue weighted by atomic mass is 16.5. The van der Waals surface area contributed by atoms with Gasteiger partial charge in [0.25, 0.3) is 0 Å². The second-order valence-electron chi connectivity index (χ2n) is 7.95. The van der Waals surface area contributed by atoms with Crippen LogP contribution in [0.2, 0.25) is 0 Å². The van der Waals surface area contributed by atoms with Crippen LogP contribution in [0.5, 0.6) is 0 Å². The molecule has 0 radical (unpaired) electrons. The van der Waals surface area contributed by atoms with Gasteiger partial charge in [-0.2, -0.15) is 0 Å². The third kappa shape index (κ3) is 5.78. The number of hydrogen-bond donors (Lipinski definition) is 2. The largest absolute Gasteiger partial charge is 0.478 e. The Morgan fingerprint density at radius 2 is 1.11 bits per heavy atom. The Kier molecular flexibility index (Phi) is 8.57. The lowest BCUT2D eigenvalue weighted by atomic mass is 9.87. The fourth-order valence-corrected chi connectivity index (χ4v) is 3.66. The summed E-state index contributed by atoms with van der Waals surface area (Å²) >= 11 is 0. The Morgan fingerprint density at radius 3 is 1.53 bits per heavy atom. The third-order valence-corrected chi connectivity index (χ3v) is 5.37. The minimum Gasteiger partial charge on any atom is -0.478 e. The van der Waals surface area contributed by atoms with E-state index in [0.29, 0.717) is 41.7 Å². The third-order valence-electron chi connectivity index (χ3n) is 5.37. The summed E-state index contributed by atoms with van der Waals surface area (Å²) in [6.07, 6.45) is 1.36. The normalized spacial score (nSPS) is 10.5. The minimum absolute atomic E-state index is 0.178. The van der Waals surface area contributed by atoms with Gasteiger partial charge in [-0.15, -0.1) is 0 Å². The minimum atomic E-state index is -1.41. The molecule has 0 saturated carbocycles. The number of rotatable bonds is 10. The van der Waals surface area contributed by atoms with Gasteiger partial charge in [0.15, 0.2) is 0 Å². The lowest BCUT2D eigenvalue weighted by Gasteiger charge is -2.16. The van der Waals surface area contributed by atoms with Gasteiger partial charge < -0.3 is 19.7 Å². The van der Waals surface area contributed by atoms with Crippen molar-refractivity contribution in [2.75, 3.05) is 13.2 Å². The van der Waals surface area contributed by atoms with Gasteiger partial charge in [-0.1, -0.05) is 44.2 Å². The number of aromatic carboxylic acids is 2. The maximum Gasteiger partial charge on any atom is 0.338 e. The Labute approximate surface area is 208 Å². The lowest BCUT2D eigenvalue weighted by Crippen LogP contribution is -2.11. The van der Waals surface area contributed by atoms with E-state index >= 15 is 0 Å². The molecule has 0 fully saturated rings. The zero-order valence-electron chi connectivity index (χ0n) is 19.9. The smallest absolute Gasteiger partial charge is 0.338 e. The van der Waals surface area contributed by atoms with E-state index in [2.05, 4.69) is 0 Å². The number of hydrogen-bond acceptors (Lipinski definition) is 6. The molecule has 0 unspecified atom stereocenters. The fourth-order valence-electron chi connectivity index (χ4n) is 3.66. The van der Waals surface area contributed by atoms with Gasteiger partial charge in [0.1, 0.15) is 0 Å². The van der Waals surface area contributed by atoms with Crippen LogP contribution in [0.15, 0.2) is 60.7 Å². The van der Waals surface area contributed by atoms with Gasteiger partial charge in [-0.05, 0) is 59.9 Å². The first-order chi connectivity index (χ1) is 17.3. The summed E-state index contributed by atoms with van der Waals surface area (Å²) in [7, 11) is 0. The maximum absolute atomic E-state index is 12.2. The standard InChI is InChI=1S/C28H26O8/c1-3-15-35-27(33)19-9-5-17(6-10-19)21-13-14-22(25(29)30)24(26(31)32)23(21)18-7-11-20(12-8-18)28(34)36-16-4-2/h5-14H,3-4,15-16H2,1-2H3,(H,29,30)(H,31,32). The molecule has 0 aliphatic carbocycles. The summed E-state index contributed by atoms with van der Waals surface area (Å²) in [4.78, 5) is 48.4. The highest BCUT2D eigenvalue weighted by Crippen LogP contribution is 2.37. The van der Waals surface area contributed by atoms with Crippen LogP contribution >= 0.6 is 0 Å². The second kappa shape index (κ2) is 11.8. The summed E-state index contributed by atoms with van der Waals surface area (Å²) in [5.41, 5.74) is 1.48. The molecule has 0 spiro atoms. The molecule has 8 nitrogen and oxygen atoms in total. The fraction of sp³-hybridized carbons (Fsp3) is 0.214. The Hall–Kier alpha value is -4.46.